The highest BCUT2D eigenvalue weighted by molar-refractivity contribution is 6.28. The van der Waals surface area contributed by atoms with Gasteiger partial charge in [0.05, 0.1) is 17.1 Å². The highest BCUT2D eigenvalue weighted by Gasteiger charge is 2.65. The summed E-state index contributed by atoms with van der Waals surface area (Å²) in [5.74, 6) is 0.703. The number of rotatable bonds is 7. The first kappa shape index (κ1) is 26.6. The van der Waals surface area contributed by atoms with Crippen LogP contribution in [0.1, 0.15) is 55.6 Å². The van der Waals surface area contributed by atoms with E-state index in [4.69, 9.17) is 25.8 Å². The van der Waals surface area contributed by atoms with Crippen LogP contribution in [0.5, 0.6) is 0 Å². The van der Waals surface area contributed by atoms with Crippen LogP contribution in [-0.4, -0.2) is 74.3 Å². The molecule has 7 rings (SSSR count). The van der Waals surface area contributed by atoms with Crippen LogP contribution in [0.25, 0.3) is 11.0 Å². The van der Waals surface area contributed by atoms with Crippen LogP contribution in [-0.2, 0) is 19.0 Å². The highest BCUT2D eigenvalue weighted by Crippen LogP contribution is 2.53. The van der Waals surface area contributed by atoms with Crippen LogP contribution in [0.4, 0.5) is 5.82 Å². The summed E-state index contributed by atoms with van der Waals surface area (Å²) in [6, 6.07) is 8.60. The molecule has 1 aromatic carbocycles. The Kier molecular flexibility index (Phi) is 6.63. The van der Waals surface area contributed by atoms with Gasteiger partial charge < -0.3 is 24.2 Å². The Bertz CT molecular complexity index is 1470. The van der Waals surface area contributed by atoms with E-state index in [1.165, 1.54) is 30.9 Å². The predicted molar refractivity (Wildman–Crippen MR) is 147 cm³/mol. The lowest BCUT2D eigenvalue weighted by Gasteiger charge is -2.33. The smallest absolute Gasteiger partial charge is 0.338 e. The minimum atomic E-state index is -1.60. The van der Waals surface area contributed by atoms with E-state index in [0.717, 1.165) is 25.9 Å². The second kappa shape index (κ2) is 10.2. The van der Waals surface area contributed by atoms with E-state index >= 15 is 0 Å². The van der Waals surface area contributed by atoms with Crippen molar-refractivity contribution in [3.05, 3.63) is 47.4 Å². The topological polar surface area (TPSA) is 129 Å². The second-order valence-corrected chi connectivity index (χ2v) is 12.0. The fourth-order valence-corrected chi connectivity index (χ4v) is 7.18. The molecule has 2 saturated carbocycles. The fraction of sp³-hybridized carbons (Fsp3) is 0.552. The summed E-state index contributed by atoms with van der Waals surface area (Å²) in [6.45, 7) is 2.87. The van der Waals surface area contributed by atoms with E-state index in [1.54, 1.807) is 30.5 Å². The van der Waals surface area contributed by atoms with Gasteiger partial charge in [0.25, 0.3) is 0 Å². The summed E-state index contributed by atoms with van der Waals surface area (Å²) < 4.78 is 19.2. The van der Waals surface area contributed by atoms with E-state index in [2.05, 4.69) is 20.0 Å². The first-order valence-electron chi connectivity index (χ1n) is 14.3. The molecule has 2 saturated heterocycles. The zero-order valence-corrected chi connectivity index (χ0v) is 23.4. The minimum absolute atomic E-state index is 0.0686. The van der Waals surface area contributed by atoms with Gasteiger partial charge in [-0.2, -0.15) is 15.1 Å². The number of benzene rings is 1. The van der Waals surface area contributed by atoms with E-state index in [1.807, 2.05) is 6.07 Å². The van der Waals surface area contributed by atoms with Crippen LogP contribution in [0.3, 0.4) is 0 Å². The molecule has 3 aromatic rings. The van der Waals surface area contributed by atoms with Crippen LogP contribution >= 0.6 is 11.6 Å². The summed E-state index contributed by atoms with van der Waals surface area (Å²) in [5, 5.41) is 17.5. The van der Waals surface area contributed by atoms with Gasteiger partial charge in [0, 0.05) is 20.0 Å². The molecule has 4 fully saturated rings. The molecule has 0 spiro atoms. The van der Waals surface area contributed by atoms with Gasteiger partial charge in [-0.25, -0.2) is 9.48 Å². The quantitative estimate of drug-likeness (QED) is 0.327. The average molecular weight is 582 g/mol. The van der Waals surface area contributed by atoms with Crippen LogP contribution in [0, 0.1) is 17.8 Å². The summed E-state index contributed by atoms with van der Waals surface area (Å²) in [4.78, 5) is 36.3. The van der Waals surface area contributed by atoms with Gasteiger partial charge in [0.1, 0.15) is 24.1 Å². The number of hydrogen-bond donors (Lipinski definition) is 1. The number of carbonyl (C=O) groups excluding carboxylic acids is 2. The van der Waals surface area contributed by atoms with E-state index < -0.39 is 36.0 Å². The van der Waals surface area contributed by atoms with Gasteiger partial charge >= 0.3 is 11.9 Å². The van der Waals surface area contributed by atoms with Gasteiger partial charge in [-0.05, 0) is 67.2 Å². The number of aromatic nitrogens is 4. The SMILES string of the molecule is CC(=O)O[C@H]1[C@H](n2ncc3c(N4C[C@H]5CCC[C@H]5C4)nc(Cl)nc32)O[C@H](COC(=O)c2ccccc2)[C@]1(O)C1CC1. The molecule has 6 atom stereocenters. The number of esters is 2. The summed E-state index contributed by atoms with van der Waals surface area (Å²) in [5.41, 5.74) is -0.798. The molecule has 41 heavy (non-hydrogen) atoms. The maximum Gasteiger partial charge on any atom is 0.338 e. The number of hydrogen-bond acceptors (Lipinski definition) is 10. The number of halogens is 1. The summed E-state index contributed by atoms with van der Waals surface area (Å²) in [6.07, 6.45) is 3.72. The van der Waals surface area contributed by atoms with Gasteiger partial charge in [0.15, 0.2) is 18.0 Å². The molecule has 0 amide bonds. The summed E-state index contributed by atoms with van der Waals surface area (Å²) >= 11 is 6.44. The monoisotopic (exact) mass is 581 g/mol. The third-order valence-electron chi connectivity index (χ3n) is 9.11. The predicted octanol–water partition coefficient (Wildman–Crippen LogP) is 3.54. The van der Waals surface area contributed by atoms with Crippen molar-refractivity contribution in [3.63, 3.8) is 0 Å². The van der Waals surface area contributed by atoms with Gasteiger partial charge in [0.2, 0.25) is 5.28 Å². The zero-order valence-electron chi connectivity index (χ0n) is 22.7. The molecule has 12 heteroatoms. The Balaban J connectivity index is 1.22. The Morgan fingerprint density at radius 3 is 2.54 bits per heavy atom. The van der Waals surface area contributed by atoms with E-state index in [0.29, 0.717) is 34.3 Å². The highest BCUT2D eigenvalue weighted by atomic mass is 35.5. The van der Waals surface area contributed by atoms with Gasteiger partial charge in [-0.1, -0.05) is 24.6 Å². The second-order valence-electron chi connectivity index (χ2n) is 11.7. The number of fused-ring (bicyclic) bond motifs is 2. The van der Waals surface area contributed by atoms with Crippen molar-refractivity contribution in [2.75, 3.05) is 24.6 Å². The maximum absolute atomic E-state index is 12.7. The standard InChI is InChI=1S/C29H32ClN5O6/c1-16(36)40-23-26(41-22(29(23,38)20-10-11-20)15-39-27(37)17-6-3-2-4-7-17)35-25-21(12-31-35)24(32-28(30)33-25)34-13-18-8-5-9-19(18)14-34/h2-4,6-7,12,18-20,22-23,26,38H,5,8-11,13-15H2,1H3/t18-,19+,22-,23+,26-,29-/m1/s1. The number of nitrogens with zero attached hydrogens (tertiary/aromatic N) is 5. The van der Waals surface area contributed by atoms with Crippen molar-refractivity contribution < 1.29 is 28.9 Å². The average Bonchev–Trinajstić information content (AvgIpc) is 3.27. The lowest BCUT2D eigenvalue weighted by Crippen LogP contribution is -2.53. The molecular formula is C29H32ClN5O6. The number of ether oxygens (including phenoxy) is 3. The third kappa shape index (κ3) is 4.64. The van der Waals surface area contributed by atoms with Crippen molar-refractivity contribution in [2.24, 2.45) is 17.8 Å². The number of aliphatic hydroxyl groups is 1. The molecule has 216 valence electrons. The van der Waals surface area contributed by atoms with Gasteiger partial charge in [-0.15, -0.1) is 0 Å². The van der Waals surface area contributed by atoms with Crippen molar-refractivity contribution in [3.8, 4) is 0 Å². The van der Waals surface area contributed by atoms with Crippen molar-refractivity contribution in [2.45, 2.75) is 63.1 Å². The van der Waals surface area contributed by atoms with Crippen molar-refractivity contribution >= 4 is 40.4 Å². The third-order valence-corrected chi connectivity index (χ3v) is 9.28. The lowest BCUT2D eigenvalue weighted by molar-refractivity contribution is -0.167. The lowest BCUT2D eigenvalue weighted by atomic mass is 9.87. The molecule has 0 radical (unpaired) electrons. The first-order chi connectivity index (χ1) is 19.8. The molecule has 0 bridgehead atoms. The Morgan fingerprint density at radius 1 is 1.12 bits per heavy atom. The maximum atomic E-state index is 12.7. The molecule has 0 unspecified atom stereocenters. The molecule has 2 aliphatic carbocycles. The largest absolute Gasteiger partial charge is 0.459 e. The number of carbonyl (C=O) groups is 2. The Hall–Kier alpha value is -3.28. The molecule has 4 heterocycles. The molecule has 1 N–H and O–H groups in total. The van der Waals surface area contributed by atoms with E-state index in [9.17, 15) is 14.7 Å². The van der Waals surface area contributed by atoms with E-state index in [-0.39, 0.29) is 17.8 Å². The van der Waals surface area contributed by atoms with Crippen molar-refractivity contribution in [1.29, 1.82) is 0 Å². The van der Waals surface area contributed by atoms with Crippen LogP contribution in [0.15, 0.2) is 36.5 Å². The minimum Gasteiger partial charge on any atom is -0.459 e. The molecule has 2 aliphatic heterocycles. The first-order valence-corrected chi connectivity index (χ1v) is 14.6. The molecule has 11 nitrogen and oxygen atoms in total. The van der Waals surface area contributed by atoms with Crippen LogP contribution < -0.4 is 4.90 Å². The Morgan fingerprint density at radius 2 is 1.85 bits per heavy atom. The zero-order chi connectivity index (χ0) is 28.3. The van der Waals surface area contributed by atoms with Crippen LogP contribution in [0.2, 0.25) is 5.28 Å². The summed E-state index contributed by atoms with van der Waals surface area (Å²) in [7, 11) is 0. The molecular weight excluding hydrogens is 550 g/mol. The number of anilines is 1. The fourth-order valence-electron chi connectivity index (χ4n) is 7.02. The van der Waals surface area contributed by atoms with Crippen molar-refractivity contribution in [1.82, 2.24) is 19.7 Å². The molecule has 4 aliphatic rings. The Labute approximate surface area is 241 Å². The normalized spacial score (nSPS) is 31.0. The molecule has 2 aromatic heterocycles. The van der Waals surface area contributed by atoms with Gasteiger partial charge in [-0.3, -0.25) is 4.79 Å².